The zero-order valence-corrected chi connectivity index (χ0v) is 11.4. The Bertz CT molecular complexity index is 583. The molecule has 0 radical (unpaired) electrons. The van der Waals surface area contributed by atoms with Crippen molar-refractivity contribution in [2.75, 3.05) is 0 Å². The molecule has 0 fully saturated rings. The van der Waals surface area contributed by atoms with Crippen LogP contribution in [0.15, 0.2) is 30.5 Å². The van der Waals surface area contributed by atoms with E-state index in [0.717, 1.165) is 17.8 Å². The molecule has 0 aliphatic rings. The van der Waals surface area contributed by atoms with Crippen LogP contribution in [0.25, 0.3) is 5.69 Å². The first-order valence-electron chi connectivity index (χ1n) is 6.45. The number of aryl methyl sites for hydroxylation is 1. The summed E-state index contributed by atoms with van der Waals surface area (Å²) < 4.78 is 1.72. The number of hydrogen-bond acceptors (Lipinski definition) is 2. The minimum atomic E-state index is -0.930. The molecular weight excluding hydrogens is 240 g/mol. The van der Waals surface area contributed by atoms with Crippen LogP contribution in [0.1, 0.15) is 48.3 Å². The lowest BCUT2D eigenvalue weighted by atomic mass is 10.1. The van der Waals surface area contributed by atoms with Gasteiger partial charge in [0.1, 0.15) is 5.56 Å². The molecule has 0 saturated carbocycles. The van der Waals surface area contributed by atoms with Crippen molar-refractivity contribution in [1.82, 2.24) is 9.78 Å². The summed E-state index contributed by atoms with van der Waals surface area (Å²) in [6.07, 6.45) is 2.40. The largest absolute Gasteiger partial charge is 0.478 e. The average Bonchev–Trinajstić information content (AvgIpc) is 2.83. The summed E-state index contributed by atoms with van der Waals surface area (Å²) in [5.41, 5.74) is 3.15. The maximum Gasteiger partial charge on any atom is 0.339 e. The van der Waals surface area contributed by atoms with Crippen LogP contribution in [-0.4, -0.2) is 20.9 Å². The summed E-state index contributed by atoms with van der Waals surface area (Å²) in [6, 6.07) is 8.04. The Morgan fingerprint density at radius 3 is 2.42 bits per heavy atom. The predicted molar refractivity (Wildman–Crippen MR) is 74.0 cm³/mol. The lowest BCUT2D eigenvalue weighted by Crippen LogP contribution is -2.08. The maximum atomic E-state index is 11.2. The molecule has 1 N–H and O–H groups in total. The van der Waals surface area contributed by atoms with Crippen LogP contribution in [0.2, 0.25) is 0 Å². The van der Waals surface area contributed by atoms with Gasteiger partial charge in [-0.2, -0.15) is 5.10 Å². The van der Waals surface area contributed by atoms with Gasteiger partial charge in [0, 0.05) is 0 Å². The molecule has 2 rings (SSSR count). The predicted octanol–water partition coefficient (Wildman–Crippen LogP) is 3.26. The third-order valence-corrected chi connectivity index (χ3v) is 3.17. The topological polar surface area (TPSA) is 55.1 Å². The molecule has 0 aliphatic carbocycles. The fourth-order valence-electron chi connectivity index (χ4n) is 2.16. The van der Waals surface area contributed by atoms with Crippen molar-refractivity contribution in [1.29, 1.82) is 0 Å². The molecule has 1 aromatic heterocycles. The van der Waals surface area contributed by atoms with Gasteiger partial charge >= 0.3 is 5.97 Å². The normalized spacial score (nSPS) is 10.9. The van der Waals surface area contributed by atoms with Crippen molar-refractivity contribution < 1.29 is 9.90 Å². The fraction of sp³-hybridized carbons (Fsp3) is 0.333. The van der Waals surface area contributed by atoms with E-state index in [1.165, 1.54) is 11.8 Å². The summed E-state index contributed by atoms with van der Waals surface area (Å²) in [5, 5.41) is 13.4. The summed E-state index contributed by atoms with van der Waals surface area (Å²) in [4.78, 5) is 11.2. The van der Waals surface area contributed by atoms with Gasteiger partial charge in [0.15, 0.2) is 0 Å². The van der Waals surface area contributed by atoms with E-state index in [0.29, 0.717) is 0 Å². The van der Waals surface area contributed by atoms with E-state index < -0.39 is 5.97 Å². The molecule has 2 aromatic rings. The van der Waals surface area contributed by atoms with Crippen LogP contribution >= 0.6 is 0 Å². The van der Waals surface area contributed by atoms with Crippen molar-refractivity contribution >= 4 is 5.97 Å². The van der Waals surface area contributed by atoms with Gasteiger partial charge in [-0.25, -0.2) is 9.48 Å². The zero-order valence-electron chi connectivity index (χ0n) is 11.4. The molecule has 100 valence electrons. The first-order valence-corrected chi connectivity index (χ1v) is 6.45. The maximum absolute atomic E-state index is 11.2. The molecule has 1 aromatic carbocycles. The number of benzene rings is 1. The van der Waals surface area contributed by atoms with E-state index >= 15 is 0 Å². The van der Waals surface area contributed by atoms with Crippen molar-refractivity contribution in [2.24, 2.45) is 0 Å². The monoisotopic (exact) mass is 258 g/mol. The number of carboxylic acids is 1. The highest BCUT2D eigenvalue weighted by Crippen LogP contribution is 2.23. The smallest absolute Gasteiger partial charge is 0.339 e. The van der Waals surface area contributed by atoms with Crippen molar-refractivity contribution in [2.45, 2.75) is 33.1 Å². The molecule has 0 unspecified atom stereocenters. The summed E-state index contributed by atoms with van der Waals surface area (Å²) in [5.74, 6) is -0.834. The molecule has 0 amide bonds. The lowest BCUT2D eigenvalue weighted by Gasteiger charge is -2.11. The first-order chi connectivity index (χ1) is 9.04. The number of aromatic carboxylic acids is 1. The van der Waals surface area contributed by atoms with E-state index in [1.54, 1.807) is 4.68 Å². The van der Waals surface area contributed by atoms with Crippen molar-refractivity contribution in [3.8, 4) is 5.69 Å². The molecule has 0 atom stereocenters. The number of carboxylic acid groups (broad SMARTS) is 1. The minimum absolute atomic E-state index is 0.0967. The standard InChI is InChI=1S/C15H18N2O2/c1-4-11-5-7-12(8-6-11)17-14(10(2)3)13(9-16-17)15(18)19/h5-10H,4H2,1-3H3,(H,18,19). The highest BCUT2D eigenvalue weighted by Gasteiger charge is 2.19. The Morgan fingerprint density at radius 2 is 1.95 bits per heavy atom. The van der Waals surface area contributed by atoms with Crippen LogP contribution in [0, 0.1) is 0 Å². The van der Waals surface area contributed by atoms with Gasteiger partial charge in [0.05, 0.1) is 17.6 Å². The van der Waals surface area contributed by atoms with E-state index in [9.17, 15) is 9.90 Å². The van der Waals surface area contributed by atoms with Crippen LogP contribution < -0.4 is 0 Å². The Balaban J connectivity index is 2.52. The van der Waals surface area contributed by atoms with Gasteiger partial charge in [-0.1, -0.05) is 32.9 Å². The fourth-order valence-corrected chi connectivity index (χ4v) is 2.16. The van der Waals surface area contributed by atoms with Gasteiger partial charge < -0.3 is 5.11 Å². The number of rotatable bonds is 4. The van der Waals surface area contributed by atoms with Gasteiger partial charge in [-0.05, 0) is 30.0 Å². The quantitative estimate of drug-likeness (QED) is 0.915. The second-order valence-corrected chi connectivity index (χ2v) is 4.84. The van der Waals surface area contributed by atoms with Gasteiger partial charge in [0.25, 0.3) is 0 Å². The summed E-state index contributed by atoms with van der Waals surface area (Å²) in [7, 11) is 0. The highest BCUT2D eigenvalue weighted by molar-refractivity contribution is 5.89. The number of nitrogens with zero attached hydrogens (tertiary/aromatic N) is 2. The van der Waals surface area contributed by atoms with Crippen LogP contribution in [0.3, 0.4) is 0 Å². The van der Waals surface area contributed by atoms with E-state index in [-0.39, 0.29) is 11.5 Å². The van der Waals surface area contributed by atoms with E-state index in [4.69, 9.17) is 0 Å². The molecule has 4 heteroatoms. The van der Waals surface area contributed by atoms with Gasteiger partial charge in [0.2, 0.25) is 0 Å². The Kier molecular flexibility index (Phi) is 3.69. The van der Waals surface area contributed by atoms with Crippen molar-refractivity contribution in [3.05, 3.63) is 47.3 Å². The second kappa shape index (κ2) is 5.26. The molecular formula is C15H18N2O2. The SMILES string of the molecule is CCc1ccc(-n2ncc(C(=O)O)c2C(C)C)cc1. The number of hydrogen-bond donors (Lipinski definition) is 1. The number of carbonyl (C=O) groups is 1. The Morgan fingerprint density at radius 1 is 1.32 bits per heavy atom. The second-order valence-electron chi connectivity index (χ2n) is 4.84. The Hall–Kier alpha value is -2.10. The van der Waals surface area contributed by atoms with Crippen LogP contribution in [0.4, 0.5) is 0 Å². The molecule has 1 heterocycles. The van der Waals surface area contributed by atoms with Crippen LogP contribution in [-0.2, 0) is 6.42 Å². The molecule has 0 aliphatic heterocycles. The molecule has 4 nitrogen and oxygen atoms in total. The minimum Gasteiger partial charge on any atom is -0.478 e. The lowest BCUT2D eigenvalue weighted by molar-refractivity contribution is 0.0695. The number of aromatic nitrogens is 2. The van der Waals surface area contributed by atoms with Crippen molar-refractivity contribution in [3.63, 3.8) is 0 Å². The highest BCUT2D eigenvalue weighted by atomic mass is 16.4. The zero-order chi connectivity index (χ0) is 14.0. The molecule has 0 saturated heterocycles. The molecule has 0 bridgehead atoms. The van der Waals surface area contributed by atoms with Gasteiger partial charge in [-0.3, -0.25) is 0 Å². The Labute approximate surface area is 112 Å². The summed E-state index contributed by atoms with van der Waals surface area (Å²) in [6.45, 7) is 6.05. The van der Waals surface area contributed by atoms with Gasteiger partial charge in [-0.15, -0.1) is 0 Å². The average molecular weight is 258 g/mol. The van der Waals surface area contributed by atoms with Crippen LogP contribution in [0.5, 0.6) is 0 Å². The van der Waals surface area contributed by atoms with E-state index in [1.807, 2.05) is 38.1 Å². The summed E-state index contributed by atoms with van der Waals surface area (Å²) >= 11 is 0. The first kappa shape index (κ1) is 13.3. The third-order valence-electron chi connectivity index (χ3n) is 3.17. The third kappa shape index (κ3) is 2.52. The molecule has 19 heavy (non-hydrogen) atoms. The van der Waals surface area contributed by atoms with E-state index in [2.05, 4.69) is 12.0 Å². The molecule has 0 spiro atoms.